The van der Waals surface area contributed by atoms with E-state index in [2.05, 4.69) is 37.4 Å². The van der Waals surface area contributed by atoms with E-state index in [1.807, 2.05) is 0 Å². The summed E-state index contributed by atoms with van der Waals surface area (Å²) in [6.45, 7) is 4.25. The van der Waals surface area contributed by atoms with E-state index in [1.54, 1.807) is 0 Å². The molecule has 1 aromatic rings. The molecule has 2 rings (SSSR count). The molecule has 0 saturated heterocycles. The molecule has 1 aromatic carbocycles. The summed E-state index contributed by atoms with van der Waals surface area (Å²) in [5, 5.41) is 3.17. The Labute approximate surface area is 120 Å². The van der Waals surface area contributed by atoms with Crippen molar-refractivity contribution in [2.75, 3.05) is 5.88 Å². The first kappa shape index (κ1) is 14.4. The van der Waals surface area contributed by atoms with Crippen LogP contribution in [0.4, 0.5) is 0 Å². The zero-order chi connectivity index (χ0) is 13.9. The molecule has 1 amide bonds. The third-order valence-electron chi connectivity index (χ3n) is 4.12. The number of hydrogen-bond acceptors (Lipinski definition) is 1. The Kier molecular flexibility index (Phi) is 4.51. The summed E-state index contributed by atoms with van der Waals surface area (Å²) in [6, 6.07) is 6.54. The summed E-state index contributed by atoms with van der Waals surface area (Å²) in [4.78, 5) is 11.7. The molecule has 1 fully saturated rings. The van der Waals surface area contributed by atoms with Crippen LogP contribution in [0.3, 0.4) is 0 Å². The minimum Gasteiger partial charge on any atom is -0.349 e. The van der Waals surface area contributed by atoms with Gasteiger partial charge < -0.3 is 5.32 Å². The van der Waals surface area contributed by atoms with Crippen molar-refractivity contribution < 1.29 is 4.79 Å². The number of benzene rings is 1. The molecule has 0 spiro atoms. The Balaban J connectivity index is 2.21. The molecule has 0 aromatic heterocycles. The summed E-state index contributed by atoms with van der Waals surface area (Å²) < 4.78 is 0. The van der Waals surface area contributed by atoms with Crippen molar-refractivity contribution in [3.05, 3.63) is 34.9 Å². The third-order valence-corrected chi connectivity index (χ3v) is 4.36. The van der Waals surface area contributed by atoms with Crippen LogP contribution < -0.4 is 5.32 Å². The first-order valence-electron chi connectivity index (χ1n) is 6.98. The van der Waals surface area contributed by atoms with E-state index in [-0.39, 0.29) is 17.3 Å². The molecule has 0 unspecified atom stereocenters. The van der Waals surface area contributed by atoms with Gasteiger partial charge in [-0.3, -0.25) is 4.79 Å². The van der Waals surface area contributed by atoms with Crippen molar-refractivity contribution in [1.29, 1.82) is 0 Å². The molecule has 0 radical (unpaired) electrons. The maximum Gasteiger partial charge on any atom is 0.235 e. The lowest BCUT2D eigenvalue weighted by molar-refractivity contribution is -0.120. The second-order valence-electron chi connectivity index (χ2n) is 5.78. The van der Waals surface area contributed by atoms with Crippen LogP contribution in [0.1, 0.15) is 42.4 Å². The number of halogens is 1. The van der Waals surface area contributed by atoms with Crippen LogP contribution in [-0.2, 0) is 11.2 Å². The largest absolute Gasteiger partial charge is 0.349 e. The predicted molar refractivity (Wildman–Crippen MR) is 79.7 cm³/mol. The minimum absolute atomic E-state index is 0.0473. The Morgan fingerprint density at radius 1 is 1.32 bits per heavy atom. The Morgan fingerprint density at radius 2 is 2.00 bits per heavy atom. The molecule has 104 valence electrons. The fourth-order valence-corrected chi connectivity index (χ4v) is 3.15. The van der Waals surface area contributed by atoms with Crippen molar-refractivity contribution >= 4 is 17.5 Å². The normalized spacial score (nSPS) is 17.4. The van der Waals surface area contributed by atoms with E-state index in [4.69, 9.17) is 11.6 Å². The average molecular weight is 280 g/mol. The average Bonchev–Trinajstić information content (AvgIpc) is 2.82. The van der Waals surface area contributed by atoms with Gasteiger partial charge in [-0.2, -0.15) is 0 Å². The summed E-state index contributed by atoms with van der Waals surface area (Å²) >= 11 is 5.64. The van der Waals surface area contributed by atoms with E-state index >= 15 is 0 Å². The standard InChI is InChI=1S/C16H22ClNO/c1-12-5-6-13(2)14(9-12)10-16(7-3-4-8-16)18-15(19)11-17/h5-6,9H,3-4,7-8,10-11H2,1-2H3,(H,18,19). The summed E-state index contributed by atoms with van der Waals surface area (Å²) in [5.41, 5.74) is 3.84. The lowest BCUT2D eigenvalue weighted by atomic mass is 9.86. The molecular formula is C16H22ClNO. The number of rotatable bonds is 4. The Morgan fingerprint density at radius 3 is 2.63 bits per heavy atom. The van der Waals surface area contributed by atoms with Crippen LogP contribution in [0.2, 0.25) is 0 Å². The molecule has 1 aliphatic carbocycles. The van der Waals surface area contributed by atoms with Gasteiger partial charge in [0.15, 0.2) is 0 Å². The molecule has 0 heterocycles. The first-order valence-corrected chi connectivity index (χ1v) is 7.51. The van der Waals surface area contributed by atoms with E-state index in [0.29, 0.717) is 0 Å². The Bertz CT molecular complexity index is 464. The van der Waals surface area contributed by atoms with E-state index < -0.39 is 0 Å². The van der Waals surface area contributed by atoms with Crippen LogP contribution in [0.25, 0.3) is 0 Å². The smallest absolute Gasteiger partial charge is 0.235 e. The van der Waals surface area contributed by atoms with Crippen molar-refractivity contribution in [3.63, 3.8) is 0 Å². The number of carbonyl (C=O) groups excluding carboxylic acids is 1. The van der Waals surface area contributed by atoms with Gasteiger partial charge in [0.1, 0.15) is 5.88 Å². The Hall–Kier alpha value is -1.02. The van der Waals surface area contributed by atoms with Crippen LogP contribution in [0, 0.1) is 13.8 Å². The van der Waals surface area contributed by atoms with Crippen molar-refractivity contribution in [3.8, 4) is 0 Å². The quantitative estimate of drug-likeness (QED) is 0.840. The van der Waals surface area contributed by atoms with E-state index in [0.717, 1.165) is 19.3 Å². The highest BCUT2D eigenvalue weighted by atomic mass is 35.5. The number of hydrogen-bond donors (Lipinski definition) is 1. The minimum atomic E-state index is -0.0788. The summed E-state index contributed by atoms with van der Waals surface area (Å²) in [7, 11) is 0. The molecule has 0 aliphatic heterocycles. The lowest BCUT2D eigenvalue weighted by Crippen LogP contribution is -2.48. The van der Waals surface area contributed by atoms with Crippen molar-refractivity contribution in [2.45, 2.75) is 51.5 Å². The van der Waals surface area contributed by atoms with Crippen molar-refractivity contribution in [2.24, 2.45) is 0 Å². The van der Waals surface area contributed by atoms with Crippen LogP contribution in [-0.4, -0.2) is 17.3 Å². The number of amides is 1. The number of carbonyl (C=O) groups is 1. The van der Waals surface area contributed by atoms with Gasteiger partial charge in [-0.1, -0.05) is 36.6 Å². The van der Waals surface area contributed by atoms with Gasteiger partial charge in [0, 0.05) is 5.54 Å². The number of alkyl halides is 1. The SMILES string of the molecule is Cc1ccc(C)c(CC2(NC(=O)CCl)CCCC2)c1. The van der Waals surface area contributed by atoms with Crippen LogP contribution >= 0.6 is 11.6 Å². The van der Waals surface area contributed by atoms with Gasteiger partial charge in [-0.15, -0.1) is 11.6 Å². The van der Waals surface area contributed by atoms with E-state index in [1.165, 1.54) is 29.5 Å². The number of nitrogens with one attached hydrogen (secondary N) is 1. The molecule has 0 bridgehead atoms. The summed E-state index contributed by atoms with van der Waals surface area (Å²) in [6.07, 6.45) is 5.41. The van der Waals surface area contributed by atoms with Crippen LogP contribution in [0.15, 0.2) is 18.2 Å². The maximum atomic E-state index is 11.7. The maximum absolute atomic E-state index is 11.7. The molecule has 1 aliphatic rings. The van der Waals surface area contributed by atoms with Gasteiger partial charge >= 0.3 is 0 Å². The van der Waals surface area contributed by atoms with Gasteiger partial charge in [0.25, 0.3) is 0 Å². The highest BCUT2D eigenvalue weighted by molar-refractivity contribution is 6.27. The lowest BCUT2D eigenvalue weighted by Gasteiger charge is -2.31. The third kappa shape index (κ3) is 3.50. The first-order chi connectivity index (χ1) is 9.04. The molecule has 3 heteroatoms. The molecule has 0 atom stereocenters. The number of aryl methyl sites for hydroxylation is 2. The van der Waals surface area contributed by atoms with E-state index in [9.17, 15) is 4.79 Å². The molecule has 1 saturated carbocycles. The molecule has 2 nitrogen and oxygen atoms in total. The monoisotopic (exact) mass is 279 g/mol. The summed E-state index contributed by atoms with van der Waals surface area (Å²) in [5.74, 6) is 0.00281. The highest BCUT2D eigenvalue weighted by Gasteiger charge is 2.35. The van der Waals surface area contributed by atoms with Gasteiger partial charge in [-0.05, 0) is 44.2 Å². The second kappa shape index (κ2) is 5.96. The zero-order valence-corrected chi connectivity index (χ0v) is 12.5. The van der Waals surface area contributed by atoms with Crippen molar-refractivity contribution in [1.82, 2.24) is 5.32 Å². The van der Waals surface area contributed by atoms with Gasteiger partial charge in [0.2, 0.25) is 5.91 Å². The van der Waals surface area contributed by atoms with Crippen LogP contribution in [0.5, 0.6) is 0 Å². The predicted octanol–water partition coefficient (Wildman–Crippen LogP) is 3.51. The molecule has 19 heavy (non-hydrogen) atoms. The topological polar surface area (TPSA) is 29.1 Å². The van der Waals surface area contributed by atoms with Gasteiger partial charge in [-0.25, -0.2) is 0 Å². The fourth-order valence-electron chi connectivity index (χ4n) is 3.08. The second-order valence-corrected chi connectivity index (χ2v) is 6.04. The highest BCUT2D eigenvalue weighted by Crippen LogP contribution is 2.33. The fraction of sp³-hybridized carbons (Fsp3) is 0.562. The van der Waals surface area contributed by atoms with Gasteiger partial charge in [0.05, 0.1) is 0 Å². The molecule has 1 N–H and O–H groups in total. The zero-order valence-electron chi connectivity index (χ0n) is 11.8. The molecular weight excluding hydrogens is 258 g/mol.